The first kappa shape index (κ1) is 12.3. The maximum absolute atomic E-state index is 5.68. The zero-order chi connectivity index (χ0) is 12.1. The summed E-state index contributed by atoms with van der Waals surface area (Å²) in [5.74, 6) is 0. The molecule has 1 aromatic rings. The zero-order valence-electron chi connectivity index (χ0n) is 10.1. The second-order valence-corrected chi connectivity index (χ2v) is 4.44. The predicted octanol–water partition coefficient (Wildman–Crippen LogP) is 1.40. The number of nitrogens with two attached hydrogens (primary N) is 1. The topological polar surface area (TPSA) is 38.5 Å². The molecule has 2 rings (SSSR count). The van der Waals surface area contributed by atoms with Gasteiger partial charge in [-0.2, -0.15) is 0 Å². The molecule has 2 N–H and O–H groups in total. The quantitative estimate of drug-likeness (QED) is 0.798. The van der Waals surface area contributed by atoms with Gasteiger partial charge in [0.2, 0.25) is 0 Å². The number of ether oxygens (including phenoxy) is 1. The average molecular weight is 232 g/mol. The fourth-order valence-electron chi connectivity index (χ4n) is 2.07. The van der Waals surface area contributed by atoms with Crippen LogP contribution in [0.4, 0.5) is 0 Å². The van der Waals surface area contributed by atoms with Gasteiger partial charge in [0.25, 0.3) is 0 Å². The monoisotopic (exact) mass is 232 g/mol. The average Bonchev–Trinajstić information content (AvgIpc) is 2.39. The molecule has 1 heterocycles. The lowest BCUT2D eigenvalue weighted by atomic mass is 10.1. The van der Waals surface area contributed by atoms with Crippen molar-refractivity contribution in [3.05, 3.63) is 48.0 Å². The van der Waals surface area contributed by atoms with Crippen LogP contribution < -0.4 is 5.73 Å². The van der Waals surface area contributed by atoms with Gasteiger partial charge in [0.15, 0.2) is 0 Å². The van der Waals surface area contributed by atoms with Crippen LogP contribution in [0.1, 0.15) is 5.56 Å². The van der Waals surface area contributed by atoms with E-state index in [1.807, 2.05) is 6.07 Å². The first-order valence-electron chi connectivity index (χ1n) is 6.05. The Kier molecular flexibility index (Phi) is 4.31. The van der Waals surface area contributed by atoms with Gasteiger partial charge < -0.3 is 10.5 Å². The predicted molar refractivity (Wildman–Crippen MR) is 69.7 cm³/mol. The molecule has 1 aliphatic rings. The molecule has 0 aromatic heterocycles. The minimum atomic E-state index is 0.0949. The van der Waals surface area contributed by atoms with E-state index in [2.05, 4.69) is 35.7 Å². The second-order valence-electron chi connectivity index (χ2n) is 4.44. The van der Waals surface area contributed by atoms with Crippen molar-refractivity contribution < 1.29 is 4.74 Å². The number of rotatable bonds is 4. The molecule has 0 bridgehead atoms. The highest BCUT2D eigenvalue weighted by Gasteiger charge is 2.21. The van der Waals surface area contributed by atoms with E-state index in [-0.39, 0.29) is 6.10 Å². The summed E-state index contributed by atoms with van der Waals surface area (Å²) in [7, 11) is 0. The van der Waals surface area contributed by atoms with Gasteiger partial charge in [-0.05, 0) is 11.1 Å². The maximum Gasteiger partial charge on any atom is 0.0922 e. The minimum absolute atomic E-state index is 0.0949. The smallest absolute Gasteiger partial charge is 0.0922 e. The Morgan fingerprint density at radius 3 is 2.88 bits per heavy atom. The van der Waals surface area contributed by atoms with E-state index >= 15 is 0 Å². The van der Waals surface area contributed by atoms with Crippen molar-refractivity contribution in [2.75, 3.05) is 26.2 Å². The van der Waals surface area contributed by atoms with Crippen LogP contribution in [-0.4, -0.2) is 37.2 Å². The van der Waals surface area contributed by atoms with E-state index in [4.69, 9.17) is 10.5 Å². The van der Waals surface area contributed by atoms with Crippen LogP contribution in [0.25, 0.3) is 0 Å². The molecule has 3 heteroatoms. The molecule has 92 valence electrons. The van der Waals surface area contributed by atoms with E-state index in [0.29, 0.717) is 6.54 Å². The van der Waals surface area contributed by atoms with Crippen LogP contribution in [0.5, 0.6) is 0 Å². The number of nitrogens with zero attached hydrogens (tertiary/aromatic N) is 1. The van der Waals surface area contributed by atoms with Crippen LogP contribution in [-0.2, 0) is 11.3 Å². The number of hydrogen-bond acceptors (Lipinski definition) is 3. The van der Waals surface area contributed by atoms with Crippen molar-refractivity contribution in [2.45, 2.75) is 12.6 Å². The molecule has 1 fully saturated rings. The van der Waals surface area contributed by atoms with Crippen molar-refractivity contribution in [3.8, 4) is 0 Å². The van der Waals surface area contributed by atoms with E-state index in [1.54, 1.807) is 0 Å². The van der Waals surface area contributed by atoms with Crippen LogP contribution in [0.15, 0.2) is 42.5 Å². The summed E-state index contributed by atoms with van der Waals surface area (Å²) in [6.07, 6.45) is 0.0949. The maximum atomic E-state index is 5.68. The molecule has 1 unspecified atom stereocenters. The molecule has 3 nitrogen and oxygen atoms in total. The van der Waals surface area contributed by atoms with Crippen molar-refractivity contribution in [3.63, 3.8) is 0 Å². The Morgan fingerprint density at radius 1 is 1.41 bits per heavy atom. The number of morpholine rings is 1. The van der Waals surface area contributed by atoms with Crippen LogP contribution >= 0.6 is 0 Å². The van der Waals surface area contributed by atoms with E-state index in [9.17, 15) is 0 Å². The van der Waals surface area contributed by atoms with Gasteiger partial charge in [0, 0.05) is 26.2 Å². The van der Waals surface area contributed by atoms with Gasteiger partial charge >= 0.3 is 0 Å². The third kappa shape index (κ3) is 3.40. The summed E-state index contributed by atoms with van der Waals surface area (Å²) in [6, 6.07) is 10.5. The van der Waals surface area contributed by atoms with Gasteiger partial charge in [-0.25, -0.2) is 0 Å². The Hall–Kier alpha value is -1.16. The summed E-state index contributed by atoms with van der Waals surface area (Å²) in [4.78, 5) is 2.39. The lowest BCUT2D eigenvalue weighted by molar-refractivity contribution is -0.0125. The van der Waals surface area contributed by atoms with Crippen LogP contribution in [0.3, 0.4) is 0 Å². The molecule has 17 heavy (non-hydrogen) atoms. The molecule has 1 atom stereocenters. The molecule has 0 amide bonds. The molecule has 1 aromatic carbocycles. The summed E-state index contributed by atoms with van der Waals surface area (Å²) in [6.45, 7) is 8.07. The Morgan fingerprint density at radius 2 is 2.18 bits per heavy atom. The molecule has 0 saturated carbocycles. The van der Waals surface area contributed by atoms with E-state index < -0.39 is 0 Å². The first-order chi connectivity index (χ1) is 8.29. The normalized spacial score (nSPS) is 21.4. The van der Waals surface area contributed by atoms with Crippen molar-refractivity contribution in [1.82, 2.24) is 4.90 Å². The summed E-state index contributed by atoms with van der Waals surface area (Å²) < 4.78 is 5.68. The molecular formula is C14H20N2O. The third-order valence-electron chi connectivity index (χ3n) is 3.12. The van der Waals surface area contributed by atoms with Gasteiger partial charge in [0.1, 0.15) is 0 Å². The first-order valence-corrected chi connectivity index (χ1v) is 6.05. The van der Waals surface area contributed by atoms with Crippen molar-refractivity contribution >= 4 is 0 Å². The van der Waals surface area contributed by atoms with Gasteiger partial charge in [-0.3, -0.25) is 4.90 Å². The summed E-state index contributed by atoms with van der Waals surface area (Å²) >= 11 is 0. The van der Waals surface area contributed by atoms with Crippen molar-refractivity contribution in [2.24, 2.45) is 5.73 Å². The van der Waals surface area contributed by atoms with Gasteiger partial charge in [-0.15, -0.1) is 0 Å². The van der Waals surface area contributed by atoms with Crippen molar-refractivity contribution in [1.29, 1.82) is 0 Å². The fraction of sp³-hybridized carbons (Fsp3) is 0.429. The molecule has 1 saturated heterocycles. The highest BCUT2D eigenvalue weighted by Crippen LogP contribution is 2.14. The molecule has 0 aliphatic carbocycles. The molecule has 0 spiro atoms. The van der Waals surface area contributed by atoms with Crippen LogP contribution in [0, 0.1) is 0 Å². The SMILES string of the molecule is C=C(CN)C1CN(Cc2ccccc2)CCO1. The number of hydrogen-bond donors (Lipinski definition) is 1. The zero-order valence-corrected chi connectivity index (χ0v) is 10.1. The summed E-state index contributed by atoms with van der Waals surface area (Å²) in [5, 5.41) is 0. The highest BCUT2D eigenvalue weighted by atomic mass is 16.5. The Balaban J connectivity index is 1.92. The fourth-order valence-corrected chi connectivity index (χ4v) is 2.07. The van der Waals surface area contributed by atoms with Gasteiger partial charge in [-0.1, -0.05) is 36.9 Å². The standard InChI is InChI=1S/C14H20N2O/c1-12(9-15)14-11-16(7-8-17-14)10-13-5-3-2-4-6-13/h2-6,14H,1,7-11,15H2. The van der Waals surface area contributed by atoms with E-state index in [0.717, 1.165) is 31.8 Å². The molecule has 1 aliphatic heterocycles. The lowest BCUT2D eigenvalue weighted by Crippen LogP contribution is -2.43. The minimum Gasteiger partial charge on any atom is -0.371 e. The Labute approximate surface area is 103 Å². The molecule has 0 radical (unpaired) electrons. The number of benzene rings is 1. The largest absolute Gasteiger partial charge is 0.371 e. The van der Waals surface area contributed by atoms with Crippen LogP contribution in [0.2, 0.25) is 0 Å². The van der Waals surface area contributed by atoms with Gasteiger partial charge in [0.05, 0.1) is 12.7 Å². The lowest BCUT2D eigenvalue weighted by Gasteiger charge is -2.33. The highest BCUT2D eigenvalue weighted by molar-refractivity contribution is 5.15. The Bertz CT molecular complexity index is 364. The molecular weight excluding hydrogens is 212 g/mol. The second kappa shape index (κ2) is 5.96. The van der Waals surface area contributed by atoms with E-state index in [1.165, 1.54) is 5.56 Å². The summed E-state index contributed by atoms with van der Waals surface area (Å²) in [5.41, 5.74) is 7.93. The third-order valence-corrected chi connectivity index (χ3v) is 3.12.